The predicted octanol–water partition coefficient (Wildman–Crippen LogP) is -1.73. The molecule has 0 saturated heterocycles. The summed E-state index contributed by atoms with van der Waals surface area (Å²) in [6.45, 7) is 3.12. The van der Waals surface area contributed by atoms with E-state index in [9.17, 15) is 13.2 Å². The molecule has 0 aromatic rings. The topological polar surface area (TPSA) is 122 Å². The summed E-state index contributed by atoms with van der Waals surface area (Å²) >= 11 is 0. The van der Waals surface area contributed by atoms with Gasteiger partial charge in [-0.3, -0.25) is 4.79 Å². The SMILES string of the molecule is CC(N)NCCS(=O)(=O)N[C@@H](C)C(=O)O. The first-order valence-corrected chi connectivity index (χ1v) is 6.11. The van der Waals surface area contributed by atoms with Crippen molar-refractivity contribution >= 4 is 16.0 Å². The van der Waals surface area contributed by atoms with E-state index in [1.165, 1.54) is 6.92 Å². The number of hydrogen-bond donors (Lipinski definition) is 4. The minimum atomic E-state index is -3.57. The molecule has 0 aliphatic rings. The van der Waals surface area contributed by atoms with Gasteiger partial charge in [0.15, 0.2) is 0 Å². The van der Waals surface area contributed by atoms with Crippen LogP contribution in [0.2, 0.25) is 0 Å². The molecule has 1 unspecified atom stereocenters. The number of carboxylic acids is 1. The molecule has 15 heavy (non-hydrogen) atoms. The van der Waals surface area contributed by atoms with Gasteiger partial charge in [-0.05, 0) is 13.8 Å². The number of aliphatic carboxylic acids is 1. The van der Waals surface area contributed by atoms with E-state index in [2.05, 4.69) is 5.32 Å². The Morgan fingerprint density at radius 2 is 2.00 bits per heavy atom. The summed E-state index contributed by atoms with van der Waals surface area (Å²) in [6, 6.07) is -1.12. The summed E-state index contributed by atoms with van der Waals surface area (Å²) < 4.78 is 24.6. The fraction of sp³-hybridized carbons (Fsp3) is 0.857. The lowest BCUT2D eigenvalue weighted by Gasteiger charge is -2.11. The van der Waals surface area contributed by atoms with Gasteiger partial charge in [0, 0.05) is 6.54 Å². The Labute approximate surface area is 89.1 Å². The second-order valence-corrected chi connectivity index (χ2v) is 5.11. The molecule has 7 nitrogen and oxygen atoms in total. The zero-order valence-corrected chi connectivity index (χ0v) is 9.54. The number of nitrogens with one attached hydrogen (secondary N) is 2. The summed E-state index contributed by atoms with van der Waals surface area (Å²) in [6.07, 6.45) is -0.294. The third-order valence-corrected chi connectivity index (χ3v) is 3.02. The number of carbonyl (C=O) groups is 1. The van der Waals surface area contributed by atoms with Gasteiger partial charge >= 0.3 is 5.97 Å². The van der Waals surface area contributed by atoms with E-state index in [0.717, 1.165) is 0 Å². The van der Waals surface area contributed by atoms with Crippen LogP contribution in [-0.4, -0.2) is 44.0 Å². The third kappa shape index (κ3) is 7.25. The van der Waals surface area contributed by atoms with Gasteiger partial charge in [-0.2, -0.15) is 0 Å². The van der Waals surface area contributed by atoms with Crippen LogP contribution in [0.25, 0.3) is 0 Å². The van der Waals surface area contributed by atoms with Crippen molar-refractivity contribution in [3.63, 3.8) is 0 Å². The van der Waals surface area contributed by atoms with Crippen LogP contribution in [0.5, 0.6) is 0 Å². The standard InChI is InChI=1S/C7H17N3O4S/c1-5(7(11)12)10-15(13,14)4-3-9-6(2)8/h5-6,9-10H,3-4,8H2,1-2H3,(H,11,12)/t5-,6?/m0/s1. The van der Waals surface area contributed by atoms with Crippen LogP contribution in [0.3, 0.4) is 0 Å². The summed E-state index contributed by atoms with van der Waals surface area (Å²) in [7, 11) is -3.57. The third-order valence-electron chi connectivity index (χ3n) is 1.56. The normalized spacial score (nSPS) is 15.9. The minimum Gasteiger partial charge on any atom is -0.480 e. The van der Waals surface area contributed by atoms with Crippen LogP contribution < -0.4 is 15.8 Å². The van der Waals surface area contributed by atoms with Crippen molar-refractivity contribution in [3.8, 4) is 0 Å². The Morgan fingerprint density at radius 3 is 2.40 bits per heavy atom. The van der Waals surface area contributed by atoms with Crippen LogP contribution >= 0.6 is 0 Å². The van der Waals surface area contributed by atoms with Crippen LogP contribution in [0.1, 0.15) is 13.8 Å². The van der Waals surface area contributed by atoms with Gasteiger partial charge in [-0.25, -0.2) is 13.1 Å². The summed E-state index contributed by atoms with van der Waals surface area (Å²) in [5, 5.41) is 11.2. The highest BCUT2D eigenvalue weighted by Gasteiger charge is 2.18. The molecular formula is C7H17N3O4S. The molecule has 0 aromatic heterocycles. The molecule has 8 heteroatoms. The quantitative estimate of drug-likeness (QED) is 0.392. The Morgan fingerprint density at radius 1 is 1.47 bits per heavy atom. The van der Waals surface area contributed by atoms with E-state index >= 15 is 0 Å². The van der Waals surface area contributed by atoms with Crippen LogP contribution in [-0.2, 0) is 14.8 Å². The van der Waals surface area contributed by atoms with E-state index in [1.54, 1.807) is 6.92 Å². The highest BCUT2D eigenvalue weighted by molar-refractivity contribution is 7.89. The Balaban J connectivity index is 4.03. The van der Waals surface area contributed by atoms with E-state index < -0.39 is 22.0 Å². The Kier molecular flexibility index (Phi) is 5.73. The number of nitrogens with two attached hydrogens (primary N) is 1. The molecule has 0 amide bonds. The highest BCUT2D eigenvalue weighted by Crippen LogP contribution is 1.89. The van der Waals surface area contributed by atoms with Gasteiger partial charge in [-0.1, -0.05) is 0 Å². The lowest BCUT2D eigenvalue weighted by atomic mass is 10.4. The molecule has 2 atom stereocenters. The van der Waals surface area contributed by atoms with E-state index in [0.29, 0.717) is 0 Å². The lowest BCUT2D eigenvalue weighted by molar-refractivity contribution is -0.138. The maximum Gasteiger partial charge on any atom is 0.321 e. The average Bonchev–Trinajstić information content (AvgIpc) is 2.01. The molecule has 0 radical (unpaired) electrons. The first kappa shape index (κ1) is 14.3. The molecule has 0 bridgehead atoms. The lowest BCUT2D eigenvalue weighted by Crippen LogP contribution is -2.43. The fourth-order valence-corrected chi connectivity index (χ4v) is 1.94. The van der Waals surface area contributed by atoms with Crippen molar-refractivity contribution in [1.29, 1.82) is 0 Å². The molecular weight excluding hydrogens is 222 g/mol. The first-order chi connectivity index (χ1) is 6.74. The van der Waals surface area contributed by atoms with Crippen LogP contribution in [0, 0.1) is 0 Å². The zero-order valence-electron chi connectivity index (χ0n) is 8.73. The Bertz CT molecular complexity index is 301. The molecule has 0 heterocycles. The Hall–Kier alpha value is -0.700. The molecule has 0 spiro atoms. The van der Waals surface area contributed by atoms with Crippen LogP contribution in [0.15, 0.2) is 0 Å². The largest absolute Gasteiger partial charge is 0.480 e. The summed E-state index contributed by atoms with van der Waals surface area (Å²) in [5.74, 6) is -1.41. The second kappa shape index (κ2) is 6.01. The second-order valence-electron chi connectivity index (χ2n) is 3.24. The molecule has 0 rings (SSSR count). The number of carboxylic acid groups (broad SMARTS) is 1. The van der Waals surface area contributed by atoms with Gasteiger partial charge < -0.3 is 16.2 Å². The van der Waals surface area contributed by atoms with E-state index in [-0.39, 0.29) is 18.5 Å². The van der Waals surface area contributed by atoms with Crippen molar-refractivity contribution in [3.05, 3.63) is 0 Å². The molecule has 5 N–H and O–H groups in total. The van der Waals surface area contributed by atoms with Crippen molar-refractivity contribution in [2.75, 3.05) is 12.3 Å². The smallest absolute Gasteiger partial charge is 0.321 e. The summed E-state index contributed by atoms with van der Waals surface area (Å²) in [5.41, 5.74) is 5.35. The maximum absolute atomic E-state index is 11.3. The first-order valence-electron chi connectivity index (χ1n) is 4.46. The fourth-order valence-electron chi connectivity index (χ4n) is 0.800. The number of rotatable bonds is 7. The maximum atomic E-state index is 11.3. The molecule has 0 fully saturated rings. The van der Waals surface area contributed by atoms with Gasteiger partial charge in [0.1, 0.15) is 6.04 Å². The van der Waals surface area contributed by atoms with Gasteiger partial charge in [0.05, 0.1) is 11.9 Å². The number of hydrogen-bond acceptors (Lipinski definition) is 5. The molecule has 0 saturated carbocycles. The molecule has 0 aliphatic heterocycles. The van der Waals surface area contributed by atoms with Gasteiger partial charge in [-0.15, -0.1) is 0 Å². The van der Waals surface area contributed by atoms with Crippen molar-refractivity contribution < 1.29 is 18.3 Å². The molecule has 0 aliphatic carbocycles. The van der Waals surface area contributed by atoms with Crippen molar-refractivity contribution in [1.82, 2.24) is 10.0 Å². The van der Waals surface area contributed by atoms with E-state index in [4.69, 9.17) is 10.8 Å². The highest BCUT2D eigenvalue weighted by atomic mass is 32.2. The zero-order chi connectivity index (χ0) is 12.1. The monoisotopic (exact) mass is 239 g/mol. The molecule has 0 aromatic carbocycles. The molecule has 90 valence electrons. The van der Waals surface area contributed by atoms with Crippen molar-refractivity contribution in [2.45, 2.75) is 26.1 Å². The predicted molar refractivity (Wildman–Crippen MR) is 55.7 cm³/mol. The number of sulfonamides is 1. The minimum absolute atomic E-state index is 0.180. The van der Waals surface area contributed by atoms with Crippen molar-refractivity contribution in [2.24, 2.45) is 5.73 Å². The van der Waals surface area contributed by atoms with Crippen LogP contribution in [0.4, 0.5) is 0 Å². The average molecular weight is 239 g/mol. The van der Waals surface area contributed by atoms with E-state index in [1.807, 2.05) is 4.72 Å². The summed E-state index contributed by atoms with van der Waals surface area (Å²) in [4.78, 5) is 10.4. The van der Waals surface area contributed by atoms with Gasteiger partial charge in [0.25, 0.3) is 0 Å². The van der Waals surface area contributed by atoms with Gasteiger partial charge in [0.2, 0.25) is 10.0 Å².